The summed E-state index contributed by atoms with van der Waals surface area (Å²) in [7, 11) is 0. The maximum atomic E-state index is 5.88. The highest BCUT2D eigenvalue weighted by atomic mass is 16.5. The highest BCUT2D eigenvalue weighted by molar-refractivity contribution is 5.48. The summed E-state index contributed by atoms with van der Waals surface area (Å²) in [5.41, 5.74) is 2.64. The van der Waals surface area contributed by atoms with Crippen LogP contribution < -0.4 is 14.8 Å². The average Bonchev–Trinajstić information content (AvgIpc) is 2.84. The van der Waals surface area contributed by atoms with Gasteiger partial charge < -0.3 is 14.8 Å². The Morgan fingerprint density at radius 3 is 2.62 bits per heavy atom. The second-order valence-electron chi connectivity index (χ2n) is 6.25. The van der Waals surface area contributed by atoms with Gasteiger partial charge in [-0.15, -0.1) is 0 Å². The highest BCUT2D eigenvalue weighted by Crippen LogP contribution is 2.35. The van der Waals surface area contributed by atoms with Crippen LogP contribution in [0.5, 0.6) is 11.5 Å². The van der Waals surface area contributed by atoms with E-state index in [1.165, 1.54) is 11.1 Å². The van der Waals surface area contributed by atoms with Crippen molar-refractivity contribution >= 4 is 0 Å². The van der Waals surface area contributed by atoms with Crippen molar-refractivity contribution in [2.75, 3.05) is 6.61 Å². The van der Waals surface area contributed by atoms with Gasteiger partial charge in [0.1, 0.15) is 17.6 Å². The first-order chi connectivity index (χ1) is 10.0. The second kappa shape index (κ2) is 6.69. The minimum absolute atomic E-state index is 0.177. The SMILES string of the molecule is CCOc1cc2c(cc1CNC(C)(CC)CC)OC(C)C2. The summed E-state index contributed by atoms with van der Waals surface area (Å²) < 4.78 is 11.7. The Labute approximate surface area is 129 Å². The van der Waals surface area contributed by atoms with Gasteiger partial charge in [0.15, 0.2) is 0 Å². The molecule has 1 atom stereocenters. The van der Waals surface area contributed by atoms with Gasteiger partial charge in [-0.2, -0.15) is 0 Å². The quantitative estimate of drug-likeness (QED) is 0.821. The maximum absolute atomic E-state index is 5.88. The number of hydrogen-bond donors (Lipinski definition) is 1. The van der Waals surface area contributed by atoms with Gasteiger partial charge in [-0.25, -0.2) is 0 Å². The molecule has 1 aromatic carbocycles. The van der Waals surface area contributed by atoms with Gasteiger partial charge in [0, 0.05) is 29.6 Å². The maximum Gasteiger partial charge on any atom is 0.124 e. The van der Waals surface area contributed by atoms with Crippen molar-refractivity contribution in [3.8, 4) is 11.5 Å². The lowest BCUT2D eigenvalue weighted by Gasteiger charge is -2.29. The fourth-order valence-electron chi connectivity index (χ4n) is 2.72. The van der Waals surface area contributed by atoms with Crippen molar-refractivity contribution < 1.29 is 9.47 Å². The Kier molecular flexibility index (Phi) is 5.15. The lowest BCUT2D eigenvalue weighted by atomic mass is 9.95. The first-order valence-corrected chi connectivity index (χ1v) is 8.21. The first-order valence-electron chi connectivity index (χ1n) is 8.21. The zero-order valence-electron chi connectivity index (χ0n) is 14.1. The smallest absolute Gasteiger partial charge is 0.124 e. The fraction of sp³-hybridized carbons (Fsp3) is 0.667. The number of ether oxygens (including phenoxy) is 2. The summed E-state index contributed by atoms with van der Waals surface area (Å²) >= 11 is 0. The van der Waals surface area contributed by atoms with Gasteiger partial charge in [-0.1, -0.05) is 13.8 Å². The van der Waals surface area contributed by atoms with Crippen LogP contribution in [0.1, 0.15) is 58.6 Å². The number of hydrogen-bond acceptors (Lipinski definition) is 3. The monoisotopic (exact) mass is 291 g/mol. The Balaban J connectivity index is 2.20. The lowest BCUT2D eigenvalue weighted by molar-refractivity contribution is 0.254. The van der Waals surface area contributed by atoms with Crippen LogP contribution in [0.25, 0.3) is 0 Å². The van der Waals surface area contributed by atoms with E-state index in [1.54, 1.807) is 0 Å². The molecular formula is C18H29NO2. The van der Waals surface area contributed by atoms with Gasteiger partial charge in [0.05, 0.1) is 6.61 Å². The van der Waals surface area contributed by atoms with Gasteiger partial charge in [0.2, 0.25) is 0 Å². The molecule has 3 heteroatoms. The molecule has 0 saturated heterocycles. The molecule has 0 amide bonds. The molecule has 0 fully saturated rings. The summed E-state index contributed by atoms with van der Waals surface area (Å²) in [6.07, 6.45) is 3.48. The highest BCUT2D eigenvalue weighted by Gasteiger charge is 2.23. The Hall–Kier alpha value is -1.22. The molecule has 21 heavy (non-hydrogen) atoms. The van der Waals surface area contributed by atoms with E-state index in [9.17, 15) is 0 Å². The normalized spacial score (nSPS) is 17.5. The molecule has 118 valence electrons. The van der Waals surface area contributed by atoms with E-state index in [0.717, 1.165) is 37.3 Å². The minimum Gasteiger partial charge on any atom is -0.494 e. The van der Waals surface area contributed by atoms with Gasteiger partial charge in [0.25, 0.3) is 0 Å². The standard InChI is InChI=1S/C18H29NO2/c1-6-18(5,7-2)19-12-15-11-17-14(9-13(4)21-17)10-16(15)20-8-3/h10-11,13,19H,6-9,12H2,1-5H3. The third-order valence-electron chi connectivity index (χ3n) is 4.65. The molecule has 1 aliphatic heterocycles. The molecule has 0 aliphatic carbocycles. The Bertz CT molecular complexity index is 480. The summed E-state index contributed by atoms with van der Waals surface area (Å²) in [5.74, 6) is 2.02. The summed E-state index contributed by atoms with van der Waals surface area (Å²) in [6.45, 7) is 12.4. The number of benzene rings is 1. The summed E-state index contributed by atoms with van der Waals surface area (Å²) in [4.78, 5) is 0. The zero-order chi connectivity index (χ0) is 15.5. The molecule has 1 N–H and O–H groups in total. The molecule has 2 rings (SSSR count). The van der Waals surface area contributed by atoms with Crippen molar-refractivity contribution in [1.82, 2.24) is 5.32 Å². The number of rotatable bonds is 7. The third-order valence-corrected chi connectivity index (χ3v) is 4.65. The van der Waals surface area contributed by atoms with E-state index in [-0.39, 0.29) is 11.6 Å². The van der Waals surface area contributed by atoms with E-state index in [4.69, 9.17) is 9.47 Å². The van der Waals surface area contributed by atoms with Crippen LogP contribution in [0, 0.1) is 0 Å². The van der Waals surface area contributed by atoms with Gasteiger partial charge >= 0.3 is 0 Å². The largest absolute Gasteiger partial charge is 0.494 e. The molecule has 0 aromatic heterocycles. The van der Waals surface area contributed by atoms with Crippen molar-refractivity contribution in [2.24, 2.45) is 0 Å². The molecule has 1 aliphatic rings. The van der Waals surface area contributed by atoms with Crippen molar-refractivity contribution in [1.29, 1.82) is 0 Å². The minimum atomic E-state index is 0.177. The molecular weight excluding hydrogens is 262 g/mol. The van der Waals surface area contributed by atoms with E-state index in [0.29, 0.717) is 6.61 Å². The fourth-order valence-corrected chi connectivity index (χ4v) is 2.72. The molecule has 3 nitrogen and oxygen atoms in total. The van der Waals surface area contributed by atoms with Gasteiger partial charge in [-0.05, 0) is 45.7 Å². The Morgan fingerprint density at radius 1 is 1.29 bits per heavy atom. The molecule has 1 unspecified atom stereocenters. The lowest BCUT2D eigenvalue weighted by Crippen LogP contribution is -2.40. The van der Waals surface area contributed by atoms with E-state index >= 15 is 0 Å². The molecule has 0 bridgehead atoms. The van der Waals surface area contributed by atoms with E-state index in [2.05, 4.69) is 45.1 Å². The average molecular weight is 291 g/mol. The van der Waals surface area contributed by atoms with Crippen LogP contribution in [-0.2, 0) is 13.0 Å². The predicted molar refractivity (Wildman–Crippen MR) is 87.2 cm³/mol. The van der Waals surface area contributed by atoms with Crippen molar-refractivity contribution in [3.63, 3.8) is 0 Å². The van der Waals surface area contributed by atoms with Crippen molar-refractivity contribution in [2.45, 2.75) is 72.1 Å². The van der Waals surface area contributed by atoms with Crippen LogP contribution in [0.15, 0.2) is 12.1 Å². The van der Waals surface area contributed by atoms with Gasteiger partial charge in [-0.3, -0.25) is 0 Å². The Morgan fingerprint density at radius 2 is 2.00 bits per heavy atom. The second-order valence-corrected chi connectivity index (χ2v) is 6.25. The third kappa shape index (κ3) is 3.70. The molecule has 0 spiro atoms. The summed E-state index contributed by atoms with van der Waals surface area (Å²) in [6, 6.07) is 4.32. The summed E-state index contributed by atoms with van der Waals surface area (Å²) in [5, 5.41) is 3.68. The topological polar surface area (TPSA) is 30.5 Å². The number of fused-ring (bicyclic) bond motifs is 1. The molecule has 0 saturated carbocycles. The molecule has 1 heterocycles. The van der Waals surface area contributed by atoms with Crippen molar-refractivity contribution in [3.05, 3.63) is 23.3 Å². The molecule has 1 aromatic rings. The van der Waals surface area contributed by atoms with Crippen LogP contribution in [0.2, 0.25) is 0 Å². The van der Waals surface area contributed by atoms with E-state index < -0.39 is 0 Å². The first kappa shape index (κ1) is 16.2. The molecule has 0 radical (unpaired) electrons. The van der Waals surface area contributed by atoms with Crippen LogP contribution in [0.4, 0.5) is 0 Å². The van der Waals surface area contributed by atoms with Crippen LogP contribution in [-0.4, -0.2) is 18.2 Å². The van der Waals surface area contributed by atoms with E-state index in [1.807, 2.05) is 6.92 Å². The zero-order valence-corrected chi connectivity index (χ0v) is 14.1. The van der Waals surface area contributed by atoms with Crippen LogP contribution in [0.3, 0.4) is 0 Å². The number of nitrogens with one attached hydrogen (secondary N) is 1. The predicted octanol–water partition coefficient (Wildman–Crippen LogP) is 4.08. The van der Waals surface area contributed by atoms with Crippen LogP contribution >= 0.6 is 0 Å².